The van der Waals surface area contributed by atoms with Crippen LogP contribution in [0.5, 0.6) is 0 Å². The van der Waals surface area contributed by atoms with Crippen molar-refractivity contribution in [3.05, 3.63) is 35.4 Å². The van der Waals surface area contributed by atoms with Gasteiger partial charge in [0.05, 0.1) is 0 Å². The lowest BCUT2D eigenvalue weighted by Crippen LogP contribution is -2.42. The second kappa shape index (κ2) is 10.2. The second-order valence-corrected chi connectivity index (χ2v) is 5.71. The maximum absolute atomic E-state index is 4.30. The van der Waals surface area contributed by atoms with E-state index in [4.69, 9.17) is 0 Å². The highest BCUT2D eigenvalue weighted by Gasteiger charge is 2.06. The average Bonchev–Trinajstić information content (AvgIpc) is 2.57. The molecule has 0 amide bonds. The van der Waals surface area contributed by atoms with Gasteiger partial charge in [-0.25, -0.2) is 0 Å². The Kier molecular flexibility index (Phi) is 8.60. The van der Waals surface area contributed by atoms with E-state index in [2.05, 4.69) is 72.6 Å². The second-order valence-electron chi connectivity index (χ2n) is 5.71. The van der Waals surface area contributed by atoms with E-state index in [1.807, 2.05) is 7.05 Å². The summed E-state index contributed by atoms with van der Waals surface area (Å²) in [6, 6.07) is 9.17. The summed E-state index contributed by atoms with van der Waals surface area (Å²) in [5.41, 5.74) is 2.73. The van der Waals surface area contributed by atoms with Crippen molar-refractivity contribution in [3.63, 3.8) is 0 Å². The summed E-state index contributed by atoms with van der Waals surface area (Å²) < 4.78 is 0. The van der Waals surface area contributed by atoms with Crippen molar-refractivity contribution in [1.29, 1.82) is 0 Å². The molecule has 2 N–H and O–H groups in total. The minimum atomic E-state index is 0.619. The van der Waals surface area contributed by atoms with Crippen molar-refractivity contribution in [1.82, 2.24) is 15.5 Å². The van der Waals surface area contributed by atoms with E-state index in [-0.39, 0.29) is 0 Å². The highest BCUT2D eigenvalue weighted by atomic mass is 15.2. The van der Waals surface area contributed by atoms with Crippen LogP contribution in [0.25, 0.3) is 0 Å². The van der Waals surface area contributed by atoms with E-state index in [0.29, 0.717) is 6.04 Å². The van der Waals surface area contributed by atoms with Gasteiger partial charge in [-0.1, -0.05) is 38.1 Å². The minimum Gasteiger partial charge on any atom is -0.355 e. The largest absolute Gasteiger partial charge is 0.355 e. The first-order valence-electron chi connectivity index (χ1n) is 8.33. The molecule has 0 saturated carbocycles. The average molecular weight is 304 g/mol. The molecular formula is C18H32N4. The van der Waals surface area contributed by atoms with Gasteiger partial charge in [-0.3, -0.25) is 4.99 Å². The summed E-state index contributed by atoms with van der Waals surface area (Å²) in [6.45, 7) is 9.40. The van der Waals surface area contributed by atoms with Crippen molar-refractivity contribution in [3.8, 4) is 0 Å². The molecule has 0 fully saturated rings. The minimum absolute atomic E-state index is 0.619. The standard InChI is InChI=1S/C18H32N4/c1-6-15(3)22(5)13-12-20-18(19-4)21-14-17-11-9-8-10-16(17)7-2/h8-11,15H,6-7,12-14H2,1-5H3,(H2,19,20,21). The Morgan fingerprint density at radius 3 is 2.45 bits per heavy atom. The fourth-order valence-electron chi connectivity index (χ4n) is 2.36. The third-order valence-electron chi connectivity index (χ3n) is 4.27. The number of guanidine groups is 1. The Labute approximate surface area is 136 Å². The van der Waals surface area contributed by atoms with E-state index in [1.165, 1.54) is 17.5 Å². The number of aliphatic imine (C=N–C) groups is 1. The predicted octanol–water partition coefficient (Wildman–Crippen LogP) is 2.64. The van der Waals surface area contributed by atoms with Gasteiger partial charge in [0.25, 0.3) is 0 Å². The summed E-state index contributed by atoms with van der Waals surface area (Å²) in [5, 5.41) is 6.78. The normalized spacial score (nSPS) is 13.3. The van der Waals surface area contributed by atoms with Crippen LogP contribution >= 0.6 is 0 Å². The lowest BCUT2D eigenvalue weighted by Gasteiger charge is -2.24. The lowest BCUT2D eigenvalue weighted by molar-refractivity contribution is 0.255. The molecular weight excluding hydrogens is 272 g/mol. The molecule has 1 aromatic carbocycles. The molecule has 1 unspecified atom stereocenters. The molecule has 0 bridgehead atoms. The lowest BCUT2D eigenvalue weighted by atomic mass is 10.1. The highest BCUT2D eigenvalue weighted by molar-refractivity contribution is 5.79. The SMILES string of the molecule is CCc1ccccc1CNC(=NC)NCCN(C)C(C)CC. The Morgan fingerprint density at radius 2 is 1.86 bits per heavy atom. The van der Waals surface area contributed by atoms with E-state index >= 15 is 0 Å². The molecule has 0 spiro atoms. The van der Waals surface area contributed by atoms with E-state index < -0.39 is 0 Å². The smallest absolute Gasteiger partial charge is 0.191 e. The van der Waals surface area contributed by atoms with Gasteiger partial charge in [0.2, 0.25) is 0 Å². The maximum atomic E-state index is 4.30. The van der Waals surface area contributed by atoms with Crippen molar-refractivity contribution in [2.24, 2.45) is 4.99 Å². The molecule has 0 heterocycles. The quantitative estimate of drug-likeness (QED) is 0.573. The van der Waals surface area contributed by atoms with Gasteiger partial charge in [-0.2, -0.15) is 0 Å². The third-order valence-corrected chi connectivity index (χ3v) is 4.27. The third kappa shape index (κ3) is 6.06. The molecule has 0 aliphatic heterocycles. The Morgan fingerprint density at radius 1 is 1.18 bits per heavy atom. The van der Waals surface area contributed by atoms with Gasteiger partial charge >= 0.3 is 0 Å². The number of rotatable bonds is 8. The van der Waals surface area contributed by atoms with Gasteiger partial charge in [0.15, 0.2) is 5.96 Å². The first kappa shape index (κ1) is 18.5. The number of nitrogens with one attached hydrogen (secondary N) is 2. The van der Waals surface area contributed by atoms with Gasteiger partial charge < -0.3 is 15.5 Å². The zero-order valence-corrected chi connectivity index (χ0v) is 14.8. The number of benzene rings is 1. The topological polar surface area (TPSA) is 39.7 Å². The molecule has 4 heteroatoms. The number of nitrogens with zero attached hydrogens (tertiary/aromatic N) is 2. The van der Waals surface area contributed by atoms with Crippen LogP contribution in [-0.4, -0.2) is 44.1 Å². The van der Waals surface area contributed by atoms with Gasteiger partial charge in [-0.15, -0.1) is 0 Å². The van der Waals surface area contributed by atoms with Crippen LogP contribution in [-0.2, 0) is 13.0 Å². The summed E-state index contributed by atoms with van der Waals surface area (Å²) in [6.07, 6.45) is 2.24. The zero-order valence-electron chi connectivity index (χ0n) is 14.8. The number of aryl methyl sites for hydroxylation is 1. The van der Waals surface area contributed by atoms with Crippen LogP contribution in [0.1, 0.15) is 38.3 Å². The Hall–Kier alpha value is -1.55. The fourth-order valence-corrected chi connectivity index (χ4v) is 2.36. The van der Waals surface area contributed by atoms with Crippen LogP contribution in [0, 0.1) is 0 Å². The van der Waals surface area contributed by atoms with E-state index in [0.717, 1.165) is 32.0 Å². The van der Waals surface area contributed by atoms with Crippen LogP contribution < -0.4 is 10.6 Å². The Balaban J connectivity index is 2.40. The van der Waals surface area contributed by atoms with Crippen LogP contribution in [0.2, 0.25) is 0 Å². The van der Waals surface area contributed by atoms with Crippen LogP contribution in [0.3, 0.4) is 0 Å². The van der Waals surface area contributed by atoms with Gasteiger partial charge in [0.1, 0.15) is 0 Å². The highest BCUT2D eigenvalue weighted by Crippen LogP contribution is 2.08. The summed E-state index contributed by atoms with van der Waals surface area (Å²) in [7, 11) is 3.99. The first-order valence-corrected chi connectivity index (χ1v) is 8.33. The Bertz CT molecular complexity index is 456. The molecule has 124 valence electrons. The molecule has 0 aliphatic carbocycles. The maximum Gasteiger partial charge on any atom is 0.191 e. The van der Waals surface area contributed by atoms with E-state index in [9.17, 15) is 0 Å². The zero-order chi connectivity index (χ0) is 16.4. The van der Waals surface area contributed by atoms with Crippen molar-refractivity contribution >= 4 is 5.96 Å². The van der Waals surface area contributed by atoms with Crippen LogP contribution in [0.4, 0.5) is 0 Å². The summed E-state index contributed by atoms with van der Waals surface area (Å²) in [4.78, 5) is 6.66. The van der Waals surface area contributed by atoms with Gasteiger partial charge in [0, 0.05) is 32.7 Å². The molecule has 0 saturated heterocycles. The van der Waals surface area contributed by atoms with Crippen molar-refractivity contribution in [2.45, 2.75) is 46.2 Å². The molecule has 4 nitrogen and oxygen atoms in total. The first-order chi connectivity index (χ1) is 10.6. The molecule has 22 heavy (non-hydrogen) atoms. The summed E-state index contributed by atoms with van der Waals surface area (Å²) >= 11 is 0. The number of hydrogen-bond donors (Lipinski definition) is 2. The molecule has 1 aromatic rings. The van der Waals surface area contributed by atoms with Crippen molar-refractivity contribution in [2.75, 3.05) is 27.2 Å². The van der Waals surface area contributed by atoms with Crippen molar-refractivity contribution < 1.29 is 0 Å². The fraction of sp³-hybridized carbons (Fsp3) is 0.611. The number of hydrogen-bond acceptors (Lipinski definition) is 2. The van der Waals surface area contributed by atoms with E-state index in [1.54, 1.807) is 0 Å². The van der Waals surface area contributed by atoms with Crippen LogP contribution in [0.15, 0.2) is 29.3 Å². The molecule has 0 aliphatic rings. The molecule has 0 radical (unpaired) electrons. The molecule has 0 aromatic heterocycles. The summed E-state index contributed by atoms with van der Waals surface area (Å²) in [5.74, 6) is 0.864. The predicted molar refractivity (Wildman–Crippen MR) is 96.4 cm³/mol. The molecule has 1 rings (SSSR count). The monoisotopic (exact) mass is 304 g/mol. The number of likely N-dealkylation sites (N-methyl/N-ethyl adjacent to an activating group) is 1. The molecule has 1 atom stereocenters. The van der Waals surface area contributed by atoms with Gasteiger partial charge in [-0.05, 0) is 37.9 Å².